The topological polar surface area (TPSA) is 16.4 Å². The molecule has 15 rings (SSSR count). The van der Waals surface area contributed by atoms with E-state index in [-0.39, 0.29) is 8.85 Å². The van der Waals surface area contributed by atoms with Crippen LogP contribution in [0.2, 0.25) is 0 Å². The molecule has 2 nitrogen and oxygen atoms in total. The van der Waals surface area contributed by atoms with Crippen molar-refractivity contribution in [2.24, 2.45) is 0 Å². The van der Waals surface area contributed by atoms with E-state index >= 15 is 0 Å². The van der Waals surface area contributed by atoms with Crippen LogP contribution in [0, 0.1) is 0 Å². The van der Waals surface area contributed by atoms with Crippen LogP contribution in [0.15, 0.2) is 290 Å². The highest BCUT2D eigenvalue weighted by atomic mass is 32.1. The van der Waals surface area contributed by atoms with E-state index in [9.17, 15) is 0 Å². The van der Waals surface area contributed by atoms with Crippen molar-refractivity contribution >= 4 is 70.5 Å². The number of fused-ring (bicyclic) bond motifs is 9. The largest absolute Gasteiger partial charge is 0.455 e. The molecule has 1 aliphatic carbocycles. The molecule has 2 aromatic heterocycles. The maximum absolute atomic E-state index is 6.46. The lowest BCUT2D eigenvalue weighted by Gasteiger charge is -2.34. The molecule has 14 aromatic rings. The van der Waals surface area contributed by atoms with Crippen LogP contribution in [0.4, 0.5) is 17.1 Å². The Labute approximate surface area is 454 Å². The summed E-state index contributed by atoms with van der Waals surface area (Å²) >= 11 is 1.90. The fourth-order valence-corrected chi connectivity index (χ4v) is 13.7. The molecular weight excluding hydrogens is 951 g/mol. The number of hydrogen-bond acceptors (Lipinski definition) is 3. The SMILES string of the molecule is C.[HH].c1ccc(-c2ccc(N(c3ccc(-c4cccc5c4oc4ccccc45)cc3)c3ccc(-c4cccc5c4sc4c(-c6ccc(C7(c8ccccc8)c8ccccc8-c8ccccc87)cc6)cccc45)cc3)cc2)cc1. The molecule has 0 fully saturated rings. The van der Waals surface area contributed by atoms with Gasteiger partial charge in [-0.15, -0.1) is 11.3 Å². The lowest BCUT2D eigenvalue weighted by atomic mass is 9.67. The number of rotatable bonds is 9. The average molecular weight is 1000 g/mol. The predicted octanol–water partition coefficient (Wildman–Crippen LogP) is 21.3. The molecule has 0 amide bonds. The van der Waals surface area contributed by atoms with Crippen LogP contribution in [-0.4, -0.2) is 0 Å². The van der Waals surface area contributed by atoms with Crippen LogP contribution in [0.25, 0.3) is 97.7 Å². The third-order valence-electron chi connectivity index (χ3n) is 15.8. The monoisotopic (exact) mass is 1000 g/mol. The standard InChI is InChI=1S/C73H47NOS.CH4.H2/c1-3-16-48(17-4-1)49-34-42-55(43-35-49)74(56-44-36-50(37-45-56)58-23-13-26-64-63-22-9-12-31-69(63)75-70(58)64)57-46-38-52(39-47-57)60-25-15-28-66-65-27-14-24-59(71(65)76-72(60)66)51-32-40-54(41-33-51)73(53-18-5-2-6-19-53)67-29-10-7-20-61(67)62-21-8-11-30-68(62)73;;/h1-47H;1H4;1H. The van der Waals surface area contributed by atoms with Crippen molar-refractivity contribution in [3.05, 3.63) is 307 Å². The molecule has 0 radical (unpaired) electrons. The Morgan fingerprint density at radius 1 is 0.299 bits per heavy atom. The van der Waals surface area contributed by atoms with Gasteiger partial charge in [-0.3, -0.25) is 0 Å². The molecule has 0 N–H and O–H groups in total. The summed E-state index contributed by atoms with van der Waals surface area (Å²) in [6.07, 6.45) is 0. The second kappa shape index (κ2) is 18.7. The summed E-state index contributed by atoms with van der Waals surface area (Å²) in [6.45, 7) is 0. The Balaban J connectivity index is 0.00000289. The molecule has 3 heteroatoms. The van der Waals surface area contributed by atoms with Crippen molar-refractivity contribution in [3.63, 3.8) is 0 Å². The first-order chi connectivity index (χ1) is 37.7. The average Bonchev–Trinajstić information content (AvgIpc) is 4.30. The van der Waals surface area contributed by atoms with Gasteiger partial charge >= 0.3 is 0 Å². The smallest absolute Gasteiger partial charge is 0.143 e. The zero-order valence-electron chi connectivity index (χ0n) is 41.4. The number of anilines is 3. The Kier molecular flexibility index (Phi) is 11.2. The summed E-state index contributed by atoms with van der Waals surface area (Å²) in [7, 11) is 0. The van der Waals surface area contributed by atoms with Crippen LogP contribution in [0.1, 0.15) is 31.1 Å². The number of para-hydroxylation sites is 2. The van der Waals surface area contributed by atoms with Crippen LogP contribution in [-0.2, 0) is 5.41 Å². The van der Waals surface area contributed by atoms with E-state index in [1.165, 1.54) is 86.9 Å². The lowest BCUT2D eigenvalue weighted by molar-refractivity contribution is 0.670. The van der Waals surface area contributed by atoms with Gasteiger partial charge in [0.2, 0.25) is 0 Å². The van der Waals surface area contributed by atoms with E-state index < -0.39 is 5.41 Å². The maximum Gasteiger partial charge on any atom is 0.143 e. The predicted molar refractivity (Wildman–Crippen MR) is 329 cm³/mol. The van der Waals surface area contributed by atoms with Gasteiger partial charge in [0.05, 0.1) is 5.41 Å². The molecule has 2 heterocycles. The Hall–Kier alpha value is -9.54. The third-order valence-corrected chi connectivity index (χ3v) is 17.1. The van der Waals surface area contributed by atoms with E-state index in [1.807, 2.05) is 23.5 Å². The van der Waals surface area contributed by atoms with Crippen LogP contribution in [0.5, 0.6) is 0 Å². The van der Waals surface area contributed by atoms with Crippen molar-refractivity contribution in [3.8, 4) is 55.6 Å². The van der Waals surface area contributed by atoms with Gasteiger partial charge in [0, 0.05) is 55.0 Å². The van der Waals surface area contributed by atoms with Crippen LogP contribution in [0.3, 0.4) is 0 Å². The van der Waals surface area contributed by atoms with Crippen molar-refractivity contribution in [2.75, 3.05) is 4.90 Å². The normalized spacial score (nSPS) is 12.4. The Bertz CT molecular complexity index is 4440. The Morgan fingerprint density at radius 2 is 0.688 bits per heavy atom. The zero-order valence-corrected chi connectivity index (χ0v) is 42.2. The quantitative estimate of drug-likeness (QED) is 0.143. The van der Waals surface area contributed by atoms with Gasteiger partial charge in [-0.05, 0) is 115 Å². The van der Waals surface area contributed by atoms with Gasteiger partial charge in [0.1, 0.15) is 11.2 Å². The first-order valence-electron chi connectivity index (χ1n) is 26.1. The van der Waals surface area contributed by atoms with Crippen LogP contribution < -0.4 is 4.90 Å². The zero-order chi connectivity index (χ0) is 50.2. The van der Waals surface area contributed by atoms with Gasteiger partial charge in [0.15, 0.2) is 0 Å². The van der Waals surface area contributed by atoms with Gasteiger partial charge in [-0.25, -0.2) is 0 Å². The van der Waals surface area contributed by atoms with Crippen LogP contribution >= 0.6 is 11.3 Å². The fraction of sp³-hybridized carbons (Fsp3) is 0.0270. The molecule has 77 heavy (non-hydrogen) atoms. The summed E-state index contributed by atoms with van der Waals surface area (Å²) in [5, 5.41) is 4.82. The van der Waals surface area contributed by atoms with Gasteiger partial charge in [0.25, 0.3) is 0 Å². The highest BCUT2D eigenvalue weighted by Gasteiger charge is 2.45. The van der Waals surface area contributed by atoms with Gasteiger partial charge in [-0.1, -0.05) is 250 Å². The van der Waals surface area contributed by atoms with E-state index in [1.54, 1.807) is 0 Å². The minimum Gasteiger partial charge on any atom is -0.455 e. The fourth-order valence-electron chi connectivity index (χ4n) is 12.3. The molecule has 0 atom stereocenters. The molecule has 0 spiro atoms. The van der Waals surface area contributed by atoms with Gasteiger partial charge in [-0.2, -0.15) is 0 Å². The molecule has 0 bridgehead atoms. The van der Waals surface area contributed by atoms with E-state index in [0.29, 0.717) is 0 Å². The first kappa shape index (κ1) is 46.0. The van der Waals surface area contributed by atoms with Crippen molar-refractivity contribution in [2.45, 2.75) is 12.8 Å². The minimum absolute atomic E-state index is 0. The third kappa shape index (κ3) is 7.38. The minimum atomic E-state index is -0.428. The summed E-state index contributed by atoms with van der Waals surface area (Å²) in [5.41, 5.74) is 21.9. The highest BCUT2D eigenvalue weighted by molar-refractivity contribution is 7.26. The van der Waals surface area contributed by atoms with Crippen molar-refractivity contribution in [1.29, 1.82) is 0 Å². The number of nitrogens with zero attached hydrogens (tertiary/aromatic N) is 1. The summed E-state index contributed by atoms with van der Waals surface area (Å²) in [5.74, 6) is 0. The number of thiophene rings is 1. The highest BCUT2D eigenvalue weighted by Crippen LogP contribution is 2.56. The molecule has 366 valence electrons. The first-order valence-corrected chi connectivity index (χ1v) is 26.9. The summed E-state index contributed by atoms with van der Waals surface area (Å²) in [6, 6.07) is 104. The second-order valence-electron chi connectivity index (χ2n) is 19.9. The summed E-state index contributed by atoms with van der Waals surface area (Å²) < 4.78 is 9.05. The van der Waals surface area contributed by atoms with Crippen molar-refractivity contribution in [1.82, 2.24) is 0 Å². The maximum atomic E-state index is 6.46. The Morgan fingerprint density at radius 3 is 1.26 bits per heavy atom. The molecule has 1 aliphatic rings. The molecule has 0 saturated carbocycles. The second-order valence-corrected chi connectivity index (χ2v) is 20.9. The van der Waals surface area contributed by atoms with E-state index in [4.69, 9.17) is 4.42 Å². The molecule has 0 unspecified atom stereocenters. The summed E-state index contributed by atoms with van der Waals surface area (Å²) in [4.78, 5) is 2.35. The molecule has 0 saturated heterocycles. The van der Waals surface area contributed by atoms with E-state index in [2.05, 4.69) is 278 Å². The van der Waals surface area contributed by atoms with Crippen molar-refractivity contribution < 1.29 is 5.84 Å². The molecule has 0 aliphatic heterocycles. The number of furan rings is 1. The van der Waals surface area contributed by atoms with Gasteiger partial charge < -0.3 is 9.32 Å². The number of benzene rings is 12. The molecular formula is C74H53NOS. The van der Waals surface area contributed by atoms with E-state index in [0.717, 1.165) is 50.1 Å². The molecule has 12 aromatic carbocycles. The number of hydrogen-bond donors (Lipinski definition) is 0. The lowest BCUT2D eigenvalue weighted by Crippen LogP contribution is -2.28.